The molecule has 13 heavy (non-hydrogen) atoms. The second-order valence-electron chi connectivity index (χ2n) is 2.78. The van der Waals surface area contributed by atoms with Gasteiger partial charge in [0, 0.05) is 0 Å². The number of benzene rings is 1. The van der Waals surface area contributed by atoms with Crippen LogP contribution in [0.25, 0.3) is 0 Å². The molecule has 0 fully saturated rings. The van der Waals surface area contributed by atoms with Crippen molar-refractivity contribution >= 4 is 12.6 Å². The molecular weight excluding hydrogens is 187 g/mol. The Balaban J connectivity index is 2.81. The van der Waals surface area contributed by atoms with Gasteiger partial charge in [-0.15, -0.1) is 0 Å². The molecule has 0 atom stereocenters. The molecule has 0 aliphatic rings. The fourth-order valence-electron chi connectivity index (χ4n) is 1.21. The van der Waals surface area contributed by atoms with Crippen molar-refractivity contribution in [3.8, 4) is 5.75 Å². The molecule has 3 heteroatoms. The van der Waals surface area contributed by atoms with Crippen LogP contribution in [0, 0.1) is 5.82 Å². The Bertz CT molecular complexity index is 276. The van der Waals surface area contributed by atoms with Crippen LogP contribution in [0.5, 0.6) is 5.75 Å². The van der Waals surface area contributed by atoms with Gasteiger partial charge in [-0.25, -0.2) is 4.39 Å². The zero-order valence-corrected chi connectivity index (χ0v) is 8.48. The Kier molecular flexibility index (Phi) is 4.09. The minimum Gasteiger partial charge on any atom is -0.496 e. The highest BCUT2D eigenvalue weighted by molar-refractivity contribution is 7.80. The number of halogens is 1. The summed E-state index contributed by atoms with van der Waals surface area (Å²) in [5.41, 5.74) is 0.913. The molecule has 0 aromatic heterocycles. The van der Waals surface area contributed by atoms with E-state index in [0.717, 1.165) is 29.9 Å². The number of hydrogen-bond donors (Lipinski definition) is 1. The van der Waals surface area contributed by atoms with E-state index in [0.29, 0.717) is 0 Å². The first-order valence-corrected chi connectivity index (χ1v) is 4.84. The maximum absolute atomic E-state index is 12.8. The molecule has 0 saturated carbocycles. The lowest BCUT2D eigenvalue weighted by molar-refractivity contribution is 0.408. The number of methoxy groups -OCH3 is 1. The van der Waals surface area contributed by atoms with Crippen LogP contribution in [0.15, 0.2) is 18.2 Å². The minimum absolute atomic E-state index is 0.213. The maximum Gasteiger partial charge on any atom is 0.123 e. The summed E-state index contributed by atoms with van der Waals surface area (Å²) in [7, 11) is 1.59. The Morgan fingerprint density at radius 1 is 1.46 bits per heavy atom. The van der Waals surface area contributed by atoms with Crippen molar-refractivity contribution < 1.29 is 9.13 Å². The first kappa shape index (κ1) is 10.4. The Morgan fingerprint density at radius 3 is 2.85 bits per heavy atom. The lowest BCUT2D eigenvalue weighted by atomic mass is 10.1. The van der Waals surface area contributed by atoms with Crippen molar-refractivity contribution in [3.05, 3.63) is 29.6 Å². The average molecular weight is 200 g/mol. The van der Waals surface area contributed by atoms with Gasteiger partial charge < -0.3 is 4.74 Å². The molecule has 0 saturated heterocycles. The van der Waals surface area contributed by atoms with Gasteiger partial charge in [-0.05, 0) is 42.4 Å². The SMILES string of the molecule is COc1ccc(F)cc1CCCS. The molecule has 0 heterocycles. The van der Waals surface area contributed by atoms with E-state index in [4.69, 9.17) is 4.74 Å². The van der Waals surface area contributed by atoms with Crippen LogP contribution in [0.3, 0.4) is 0 Å². The van der Waals surface area contributed by atoms with E-state index in [-0.39, 0.29) is 5.82 Å². The molecule has 1 aromatic rings. The van der Waals surface area contributed by atoms with Crippen LogP contribution in [0.2, 0.25) is 0 Å². The van der Waals surface area contributed by atoms with Gasteiger partial charge in [0.05, 0.1) is 7.11 Å². The molecule has 0 amide bonds. The summed E-state index contributed by atoms with van der Waals surface area (Å²) in [5, 5.41) is 0. The van der Waals surface area contributed by atoms with E-state index in [1.54, 1.807) is 13.2 Å². The molecule has 1 rings (SSSR count). The predicted molar refractivity (Wildman–Crippen MR) is 55.1 cm³/mol. The van der Waals surface area contributed by atoms with Crippen molar-refractivity contribution in [2.24, 2.45) is 0 Å². The molecule has 72 valence electrons. The predicted octanol–water partition coefficient (Wildman–Crippen LogP) is 2.70. The second kappa shape index (κ2) is 5.12. The van der Waals surface area contributed by atoms with Gasteiger partial charge in [0.15, 0.2) is 0 Å². The third-order valence-corrected chi connectivity index (χ3v) is 2.16. The molecule has 0 bridgehead atoms. The molecular formula is C10H13FOS. The molecule has 0 radical (unpaired) electrons. The van der Waals surface area contributed by atoms with Crippen molar-refractivity contribution in [2.75, 3.05) is 12.9 Å². The summed E-state index contributed by atoms with van der Waals surface area (Å²) in [4.78, 5) is 0. The molecule has 1 nitrogen and oxygen atoms in total. The van der Waals surface area contributed by atoms with Gasteiger partial charge in [-0.3, -0.25) is 0 Å². The average Bonchev–Trinajstić information content (AvgIpc) is 2.15. The van der Waals surface area contributed by atoms with Gasteiger partial charge in [0.2, 0.25) is 0 Å². The van der Waals surface area contributed by atoms with Crippen LogP contribution in [0.1, 0.15) is 12.0 Å². The van der Waals surface area contributed by atoms with Crippen LogP contribution in [-0.2, 0) is 6.42 Å². The smallest absolute Gasteiger partial charge is 0.123 e. The van der Waals surface area contributed by atoms with Crippen molar-refractivity contribution in [1.29, 1.82) is 0 Å². The van der Waals surface area contributed by atoms with E-state index in [9.17, 15) is 4.39 Å². The fraction of sp³-hybridized carbons (Fsp3) is 0.400. The topological polar surface area (TPSA) is 9.23 Å². The Morgan fingerprint density at radius 2 is 2.23 bits per heavy atom. The summed E-state index contributed by atoms with van der Waals surface area (Å²) in [6.45, 7) is 0. The first-order chi connectivity index (χ1) is 6.27. The van der Waals surface area contributed by atoms with Crippen molar-refractivity contribution in [2.45, 2.75) is 12.8 Å². The van der Waals surface area contributed by atoms with E-state index < -0.39 is 0 Å². The van der Waals surface area contributed by atoms with Crippen LogP contribution >= 0.6 is 12.6 Å². The van der Waals surface area contributed by atoms with Gasteiger partial charge in [0.1, 0.15) is 11.6 Å². The Hall–Kier alpha value is -0.700. The summed E-state index contributed by atoms with van der Waals surface area (Å²) in [6.07, 6.45) is 1.74. The van der Waals surface area contributed by atoms with Gasteiger partial charge >= 0.3 is 0 Å². The quantitative estimate of drug-likeness (QED) is 0.735. The highest BCUT2D eigenvalue weighted by Gasteiger charge is 2.03. The summed E-state index contributed by atoms with van der Waals surface area (Å²) >= 11 is 4.11. The van der Waals surface area contributed by atoms with E-state index >= 15 is 0 Å². The largest absolute Gasteiger partial charge is 0.496 e. The van der Waals surface area contributed by atoms with Crippen LogP contribution in [-0.4, -0.2) is 12.9 Å². The number of thiol groups is 1. The highest BCUT2D eigenvalue weighted by Crippen LogP contribution is 2.20. The molecule has 0 aliphatic carbocycles. The lowest BCUT2D eigenvalue weighted by Gasteiger charge is -2.07. The molecule has 0 N–H and O–H groups in total. The van der Waals surface area contributed by atoms with Gasteiger partial charge in [-0.1, -0.05) is 0 Å². The third-order valence-electron chi connectivity index (χ3n) is 1.85. The Labute approximate surface area is 83.3 Å². The van der Waals surface area contributed by atoms with Crippen LogP contribution < -0.4 is 4.74 Å². The highest BCUT2D eigenvalue weighted by atomic mass is 32.1. The summed E-state index contributed by atoms with van der Waals surface area (Å²) in [5.74, 6) is 1.35. The number of aryl methyl sites for hydroxylation is 1. The first-order valence-electron chi connectivity index (χ1n) is 4.21. The van der Waals surface area contributed by atoms with E-state index in [2.05, 4.69) is 12.6 Å². The standard InChI is InChI=1S/C10H13FOS/c1-12-10-5-4-9(11)7-8(10)3-2-6-13/h4-5,7,13H,2-3,6H2,1H3. The normalized spacial score (nSPS) is 10.1. The molecule has 0 unspecified atom stereocenters. The van der Waals surface area contributed by atoms with Gasteiger partial charge in [0.25, 0.3) is 0 Å². The van der Waals surface area contributed by atoms with Gasteiger partial charge in [-0.2, -0.15) is 12.6 Å². The molecule has 0 spiro atoms. The van der Waals surface area contributed by atoms with Crippen LogP contribution in [0.4, 0.5) is 4.39 Å². The van der Waals surface area contributed by atoms with Crippen molar-refractivity contribution in [3.63, 3.8) is 0 Å². The van der Waals surface area contributed by atoms with Crippen molar-refractivity contribution in [1.82, 2.24) is 0 Å². The van der Waals surface area contributed by atoms with E-state index in [1.165, 1.54) is 12.1 Å². The molecule has 0 aliphatic heterocycles. The molecule has 1 aromatic carbocycles. The second-order valence-corrected chi connectivity index (χ2v) is 3.23. The maximum atomic E-state index is 12.8. The lowest BCUT2D eigenvalue weighted by Crippen LogP contribution is -1.94. The zero-order chi connectivity index (χ0) is 9.68. The summed E-state index contributed by atoms with van der Waals surface area (Å²) < 4.78 is 17.9. The zero-order valence-electron chi connectivity index (χ0n) is 7.59. The van der Waals surface area contributed by atoms with E-state index in [1.807, 2.05) is 0 Å². The monoisotopic (exact) mass is 200 g/mol. The fourth-order valence-corrected chi connectivity index (χ4v) is 1.37. The summed E-state index contributed by atoms with van der Waals surface area (Å²) in [6, 6.07) is 4.58. The minimum atomic E-state index is -0.213. The number of ether oxygens (including phenoxy) is 1. The number of hydrogen-bond acceptors (Lipinski definition) is 2. The third kappa shape index (κ3) is 2.92. The number of rotatable bonds is 4.